The molecule has 0 aliphatic rings. The number of carbonyl (C=O) groups excluding carboxylic acids is 1. The van der Waals surface area contributed by atoms with Crippen LogP contribution in [0, 0.1) is 11.8 Å². The largest absolute Gasteiger partial charge is 0.416 e. The second-order valence-electron chi connectivity index (χ2n) is 4.96. The maximum Gasteiger partial charge on any atom is 0.416 e. The van der Waals surface area contributed by atoms with E-state index >= 15 is 0 Å². The summed E-state index contributed by atoms with van der Waals surface area (Å²) in [7, 11) is 0. The molecular formula is C14H19F3N2O. The monoisotopic (exact) mass is 288 g/mol. The minimum atomic E-state index is -4.42. The van der Waals surface area contributed by atoms with Crippen molar-refractivity contribution in [2.45, 2.75) is 26.6 Å². The summed E-state index contributed by atoms with van der Waals surface area (Å²) in [5.41, 5.74) is 4.82. The van der Waals surface area contributed by atoms with Gasteiger partial charge in [-0.05, 0) is 17.5 Å². The SMILES string of the molecule is CC(C)C(CN)C(=O)NCc1ccccc1C(F)(F)F. The Morgan fingerprint density at radius 1 is 1.30 bits per heavy atom. The molecule has 0 saturated carbocycles. The Morgan fingerprint density at radius 3 is 2.40 bits per heavy atom. The molecule has 0 aromatic heterocycles. The van der Waals surface area contributed by atoms with Crippen molar-refractivity contribution in [3.8, 4) is 0 Å². The number of benzene rings is 1. The number of hydrogen-bond donors (Lipinski definition) is 2. The number of rotatable bonds is 5. The molecule has 0 aliphatic carbocycles. The first-order valence-corrected chi connectivity index (χ1v) is 6.40. The lowest BCUT2D eigenvalue weighted by Crippen LogP contribution is -2.37. The number of alkyl halides is 3. The van der Waals surface area contributed by atoms with E-state index in [2.05, 4.69) is 5.32 Å². The number of halogens is 3. The van der Waals surface area contributed by atoms with Gasteiger partial charge in [-0.25, -0.2) is 0 Å². The van der Waals surface area contributed by atoms with Gasteiger partial charge in [0, 0.05) is 13.1 Å². The predicted octanol–water partition coefficient (Wildman–Crippen LogP) is 2.55. The van der Waals surface area contributed by atoms with Crippen LogP contribution in [-0.4, -0.2) is 12.5 Å². The molecule has 0 heterocycles. The first kappa shape index (κ1) is 16.5. The summed E-state index contributed by atoms with van der Waals surface area (Å²) in [6.45, 7) is 3.71. The Hall–Kier alpha value is -1.56. The van der Waals surface area contributed by atoms with E-state index in [-0.39, 0.29) is 30.5 Å². The second-order valence-corrected chi connectivity index (χ2v) is 4.96. The molecule has 3 nitrogen and oxygen atoms in total. The van der Waals surface area contributed by atoms with E-state index in [0.29, 0.717) is 0 Å². The predicted molar refractivity (Wildman–Crippen MR) is 70.7 cm³/mol. The van der Waals surface area contributed by atoms with E-state index in [1.807, 2.05) is 13.8 Å². The number of nitrogens with one attached hydrogen (secondary N) is 1. The molecular weight excluding hydrogens is 269 g/mol. The van der Waals surface area contributed by atoms with Crippen LogP contribution in [0.15, 0.2) is 24.3 Å². The van der Waals surface area contributed by atoms with Gasteiger partial charge >= 0.3 is 6.18 Å². The number of carbonyl (C=O) groups is 1. The lowest BCUT2D eigenvalue weighted by molar-refractivity contribution is -0.138. The molecule has 1 aromatic carbocycles. The van der Waals surface area contributed by atoms with Crippen LogP contribution < -0.4 is 11.1 Å². The van der Waals surface area contributed by atoms with Gasteiger partial charge in [-0.15, -0.1) is 0 Å². The summed E-state index contributed by atoms with van der Waals surface area (Å²) in [4.78, 5) is 11.9. The fourth-order valence-electron chi connectivity index (χ4n) is 1.95. The molecule has 1 atom stereocenters. The molecule has 1 rings (SSSR count). The Morgan fingerprint density at radius 2 is 1.90 bits per heavy atom. The number of nitrogens with two attached hydrogens (primary N) is 1. The Labute approximate surface area is 116 Å². The summed E-state index contributed by atoms with van der Waals surface area (Å²) in [5, 5.41) is 2.52. The van der Waals surface area contributed by atoms with Crippen molar-refractivity contribution in [1.82, 2.24) is 5.32 Å². The van der Waals surface area contributed by atoms with E-state index in [9.17, 15) is 18.0 Å². The highest BCUT2D eigenvalue weighted by molar-refractivity contribution is 5.79. The number of hydrogen-bond acceptors (Lipinski definition) is 2. The van der Waals surface area contributed by atoms with E-state index < -0.39 is 17.7 Å². The third kappa shape index (κ3) is 4.23. The van der Waals surface area contributed by atoms with Crippen LogP contribution in [0.4, 0.5) is 13.2 Å². The van der Waals surface area contributed by atoms with Crippen molar-refractivity contribution >= 4 is 5.91 Å². The molecule has 0 aliphatic heterocycles. The van der Waals surface area contributed by atoms with Gasteiger partial charge in [0.1, 0.15) is 0 Å². The van der Waals surface area contributed by atoms with Crippen LogP contribution in [0.1, 0.15) is 25.0 Å². The van der Waals surface area contributed by atoms with Gasteiger partial charge in [0.15, 0.2) is 0 Å². The van der Waals surface area contributed by atoms with E-state index in [1.54, 1.807) is 0 Å². The summed E-state index contributed by atoms with van der Waals surface area (Å²) < 4.78 is 38.4. The minimum absolute atomic E-state index is 0.0397. The highest BCUT2D eigenvalue weighted by Crippen LogP contribution is 2.31. The van der Waals surface area contributed by atoms with Gasteiger partial charge in [-0.2, -0.15) is 13.2 Å². The van der Waals surface area contributed by atoms with Crippen LogP contribution in [0.3, 0.4) is 0 Å². The molecule has 20 heavy (non-hydrogen) atoms. The molecule has 0 radical (unpaired) electrons. The zero-order valence-electron chi connectivity index (χ0n) is 11.5. The summed E-state index contributed by atoms with van der Waals surface area (Å²) in [6, 6.07) is 5.20. The molecule has 0 bridgehead atoms. The van der Waals surface area contributed by atoms with E-state index in [1.165, 1.54) is 18.2 Å². The van der Waals surface area contributed by atoms with Crippen LogP contribution in [0.2, 0.25) is 0 Å². The van der Waals surface area contributed by atoms with Crippen molar-refractivity contribution < 1.29 is 18.0 Å². The highest BCUT2D eigenvalue weighted by Gasteiger charge is 2.33. The zero-order chi connectivity index (χ0) is 15.3. The molecule has 1 unspecified atom stereocenters. The average Bonchev–Trinajstić information content (AvgIpc) is 2.36. The molecule has 1 aromatic rings. The molecule has 0 fully saturated rings. The van der Waals surface area contributed by atoms with Crippen molar-refractivity contribution in [2.24, 2.45) is 17.6 Å². The van der Waals surface area contributed by atoms with Gasteiger partial charge in [-0.3, -0.25) is 4.79 Å². The summed E-state index contributed by atoms with van der Waals surface area (Å²) >= 11 is 0. The average molecular weight is 288 g/mol. The normalized spacial score (nSPS) is 13.3. The van der Waals surface area contributed by atoms with Gasteiger partial charge in [0.05, 0.1) is 11.5 Å². The smallest absolute Gasteiger partial charge is 0.352 e. The lowest BCUT2D eigenvalue weighted by atomic mass is 9.95. The maximum atomic E-state index is 12.8. The van der Waals surface area contributed by atoms with E-state index in [0.717, 1.165) is 6.07 Å². The summed E-state index contributed by atoms with van der Waals surface area (Å²) in [5.74, 6) is -0.676. The number of amides is 1. The van der Waals surface area contributed by atoms with Gasteiger partial charge in [-0.1, -0.05) is 32.0 Å². The third-order valence-corrected chi connectivity index (χ3v) is 3.17. The molecule has 112 valence electrons. The zero-order valence-corrected chi connectivity index (χ0v) is 11.5. The molecule has 1 amide bonds. The third-order valence-electron chi connectivity index (χ3n) is 3.17. The van der Waals surface area contributed by atoms with Crippen molar-refractivity contribution in [1.29, 1.82) is 0 Å². The van der Waals surface area contributed by atoms with Gasteiger partial charge < -0.3 is 11.1 Å². The maximum absolute atomic E-state index is 12.8. The van der Waals surface area contributed by atoms with Crippen molar-refractivity contribution in [3.05, 3.63) is 35.4 Å². The first-order valence-electron chi connectivity index (χ1n) is 6.40. The Kier molecular flexibility index (Phi) is 5.56. The van der Waals surface area contributed by atoms with Gasteiger partial charge in [0.2, 0.25) is 5.91 Å². The van der Waals surface area contributed by atoms with Crippen molar-refractivity contribution in [3.63, 3.8) is 0 Å². The highest BCUT2D eigenvalue weighted by atomic mass is 19.4. The first-order chi connectivity index (χ1) is 9.27. The Bertz CT molecular complexity index is 458. The summed E-state index contributed by atoms with van der Waals surface area (Å²) in [6.07, 6.45) is -4.42. The fraction of sp³-hybridized carbons (Fsp3) is 0.500. The molecule has 3 N–H and O–H groups in total. The van der Waals surface area contributed by atoms with Crippen LogP contribution in [0.5, 0.6) is 0 Å². The van der Waals surface area contributed by atoms with Crippen molar-refractivity contribution in [2.75, 3.05) is 6.54 Å². The molecule has 0 spiro atoms. The van der Waals surface area contributed by atoms with Crippen LogP contribution in [0.25, 0.3) is 0 Å². The minimum Gasteiger partial charge on any atom is -0.352 e. The molecule has 0 saturated heterocycles. The second kappa shape index (κ2) is 6.74. The standard InChI is InChI=1S/C14H19F3N2O/c1-9(2)11(7-18)13(20)19-8-10-5-3-4-6-12(10)14(15,16)17/h3-6,9,11H,7-8,18H2,1-2H3,(H,19,20). The van der Waals surface area contributed by atoms with E-state index in [4.69, 9.17) is 5.73 Å². The molecule has 6 heteroatoms. The topological polar surface area (TPSA) is 55.1 Å². The lowest BCUT2D eigenvalue weighted by Gasteiger charge is -2.19. The van der Waals surface area contributed by atoms with Gasteiger partial charge in [0.25, 0.3) is 0 Å². The fourth-order valence-corrected chi connectivity index (χ4v) is 1.95. The quantitative estimate of drug-likeness (QED) is 0.875. The Balaban J connectivity index is 2.78. The van der Waals surface area contributed by atoms with Crippen LogP contribution in [-0.2, 0) is 17.5 Å². The van der Waals surface area contributed by atoms with Crippen LogP contribution >= 0.6 is 0 Å².